The number of rotatable bonds is 1. The molecule has 1 fully saturated rings. The molecule has 1 aliphatic rings. The summed E-state index contributed by atoms with van der Waals surface area (Å²) in [6.45, 7) is 2.30. The number of aromatic nitrogens is 1. The van der Waals surface area contributed by atoms with Crippen LogP contribution in [-0.4, -0.2) is 30.2 Å². The molecule has 1 aliphatic heterocycles. The van der Waals surface area contributed by atoms with Crippen molar-refractivity contribution < 1.29 is 4.52 Å². The van der Waals surface area contributed by atoms with Gasteiger partial charge < -0.3 is 9.42 Å². The first-order valence-corrected chi connectivity index (χ1v) is 3.95. The van der Waals surface area contributed by atoms with Crippen molar-refractivity contribution in [1.82, 2.24) is 10.1 Å². The number of nitrogens with zero attached hydrogens (tertiary/aromatic N) is 2. The second-order valence-corrected chi connectivity index (χ2v) is 3.17. The van der Waals surface area contributed by atoms with Gasteiger partial charge >= 0.3 is 0 Å². The molecule has 0 N–H and O–H groups in total. The first-order chi connectivity index (χ1) is 5.36. The Kier molecular flexibility index (Phi) is 1.66. The van der Waals surface area contributed by atoms with Crippen molar-refractivity contribution in [2.75, 3.05) is 20.1 Å². The molecule has 1 saturated heterocycles. The van der Waals surface area contributed by atoms with Gasteiger partial charge in [-0.25, -0.2) is 0 Å². The van der Waals surface area contributed by atoms with Crippen molar-refractivity contribution in [2.45, 2.75) is 12.3 Å². The topological polar surface area (TPSA) is 29.3 Å². The molecule has 11 heavy (non-hydrogen) atoms. The van der Waals surface area contributed by atoms with E-state index in [1.54, 1.807) is 6.26 Å². The molecule has 1 aromatic rings. The lowest BCUT2D eigenvalue weighted by molar-refractivity contribution is 0.392. The Bertz CT molecular complexity index is 220. The fourth-order valence-electron chi connectivity index (χ4n) is 1.61. The normalized spacial score (nSPS) is 26.1. The quantitative estimate of drug-likeness (QED) is 0.603. The number of hydrogen-bond donors (Lipinski definition) is 0. The van der Waals surface area contributed by atoms with Crippen molar-refractivity contribution in [3.63, 3.8) is 0 Å². The van der Waals surface area contributed by atoms with Crippen LogP contribution in [0.3, 0.4) is 0 Å². The minimum Gasteiger partial charge on any atom is -0.365 e. The molecule has 2 rings (SSSR count). The molecule has 2 heterocycles. The predicted octanol–water partition coefficient (Wildman–Crippen LogP) is 1.09. The van der Waals surface area contributed by atoms with Gasteiger partial charge in [-0.2, -0.15) is 0 Å². The molecule has 0 saturated carbocycles. The minimum atomic E-state index is 0.596. The maximum absolute atomic E-state index is 4.79. The van der Waals surface area contributed by atoms with Crippen molar-refractivity contribution >= 4 is 0 Å². The molecule has 1 unspecified atom stereocenters. The molecule has 0 aliphatic carbocycles. The van der Waals surface area contributed by atoms with Crippen LogP contribution in [0.5, 0.6) is 0 Å². The van der Waals surface area contributed by atoms with E-state index < -0.39 is 0 Å². The Labute approximate surface area is 66.0 Å². The Morgan fingerprint density at radius 2 is 2.64 bits per heavy atom. The summed E-state index contributed by atoms with van der Waals surface area (Å²) in [6, 6.07) is 1.96. The number of likely N-dealkylation sites (N-methyl/N-ethyl adjacent to an activating group) is 1. The van der Waals surface area contributed by atoms with Gasteiger partial charge in [0.2, 0.25) is 0 Å². The molecule has 0 amide bonds. The van der Waals surface area contributed by atoms with E-state index in [9.17, 15) is 0 Å². The van der Waals surface area contributed by atoms with Gasteiger partial charge in [-0.3, -0.25) is 0 Å². The van der Waals surface area contributed by atoms with E-state index in [0.29, 0.717) is 5.92 Å². The van der Waals surface area contributed by atoms with Gasteiger partial charge in [0.25, 0.3) is 0 Å². The van der Waals surface area contributed by atoms with Gasteiger partial charge in [0.05, 0.1) is 5.69 Å². The van der Waals surface area contributed by atoms with Crippen LogP contribution in [0.4, 0.5) is 0 Å². The molecule has 0 aromatic carbocycles. The predicted molar refractivity (Wildman–Crippen MR) is 41.4 cm³/mol. The lowest BCUT2D eigenvalue weighted by atomic mass is 10.1. The van der Waals surface area contributed by atoms with E-state index in [0.717, 1.165) is 12.2 Å². The molecule has 1 aromatic heterocycles. The molecule has 0 bridgehead atoms. The monoisotopic (exact) mass is 152 g/mol. The van der Waals surface area contributed by atoms with Crippen LogP contribution in [-0.2, 0) is 0 Å². The van der Waals surface area contributed by atoms with Crippen LogP contribution >= 0.6 is 0 Å². The van der Waals surface area contributed by atoms with E-state index in [1.165, 1.54) is 13.0 Å². The second-order valence-electron chi connectivity index (χ2n) is 3.17. The first kappa shape index (κ1) is 6.85. The highest BCUT2D eigenvalue weighted by molar-refractivity contribution is 5.06. The maximum Gasteiger partial charge on any atom is 0.124 e. The largest absolute Gasteiger partial charge is 0.365 e. The summed E-state index contributed by atoms with van der Waals surface area (Å²) in [4.78, 5) is 2.32. The van der Waals surface area contributed by atoms with Gasteiger partial charge in [-0.15, -0.1) is 0 Å². The third kappa shape index (κ3) is 1.28. The zero-order chi connectivity index (χ0) is 7.68. The molecule has 60 valence electrons. The highest BCUT2D eigenvalue weighted by atomic mass is 16.5. The van der Waals surface area contributed by atoms with Crippen LogP contribution in [0.1, 0.15) is 18.0 Å². The maximum atomic E-state index is 4.79. The van der Waals surface area contributed by atoms with E-state index in [-0.39, 0.29) is 0 Å². The van der Waals surface area contributed by atoms with Crippen LogP contribution in [0.15, 0.2) is 16.9 Å². The molecule has 3 nitrogen and oxygen atoms in total. The number of hydrogen-bond acceptors (Lipinski definition) is 3. The average Bonchev–Trinajstić information content (AvgIpc) is 2.55. The summed E-state index contributed by atoms with van der Waals surface area (Å²) < 4.78 is 4.79. The van der Waals surface area contributed by atoms with E-state index in [4.69, 9.17) is 4.52 Å². The van der Waals surface area contributed by atoms with Crippen LogP contribution < -0.4 is 0 Å². The van der Waals surface area contributed by atoms with Crippen molar-refractivity contribution in [3.8, 4) is 0 Å². The van der Waals surface area contributed by atoms with Gasteiger partial charge in [-0.05, 0) is 20.0 Å². The van der Waals surface area contributed by atoms with Crippen LogP contribution in [0.25, 0.3) is 0 Å². The fraction of sp³-hybridized carbons (Fsp3) is 0.625. The molecular formula is C8H12N2O. The third-order valence-electron chi connectivity index (χ3n) is 2.27. The van der Waals surface area contributed by atoms with Gasteiger partial charge in [-0.1, -0.05) is 5.16 Å². The first-order valence-electron chi connectivity index (χ1n) is 3.95. The highest BCUT2D eigenvalue weighted by Crippen LogP contribution is 2.24. The highest BCUT2D eigenvalue weighted by Gasteiger charge is 2.22. The van der Waals surface area contributed by atoms with Crippen molar-refractivity contribution in [3.05, 3.63) is 18.0 Å². The minimum absolute atomic E-state index is 0.596. The fourth-order valence-corrected chi connectivity index (χ4v) is 1.61. The SMILES string of the molecule is CN1CCC(c2ccon2)C1. The van der Waals surface area contributed by atoms with Crippen LogP contribution in [0, 0.1) is 0 Å². The summed E-state index contributed by atoms with van der Waals surface area (Å²) in [6.07, 6.45) is 2.86. The van der Waals surface area contributed by atoms with Gasteiger partial charge in [0, 0.05) is 18.5 Å². The second kappa shape index (κ2) is 2.66. The van der Waals surface area contributed by atoms with Crippen molar-refractivity contribution in [1.29, 1.82) is 0 Å². The zero-order valence-electron chi connectivity index (χ0n) is 6.66. The Morgan fingerprint density at radius 1 is 1.73 bits per heavy atom. The smallest absolute Gasteiger partial charge is 0.124 e. The Balaban J connectivity index is 2.08. The van der Waals surface area contributed by atoms with Gasteiger partial charge in [0.1, 0.15) is 6.26 Å². The molecule has 0 radical (unpaired) electrons. The summed E-state index contributed by atoms with van der Waals surface area (Å²) in [5, 5.41) is 3.93. The summed E-state index contributed by atoms with van der Waals surface area (Å²) in [5.74, 6) is 0.596. The number of likely N-dealkylation sites (tertiary alicyclic amines) is 1. The average molecular weight is 152 g/mol. The summed E-state index contributed by atoms with van der Waals surface area (Å²) in [5.41, 5.74) is 1.11. The standard InChI is InChI=1S/C8H12N2O/c1-10-4-2-7(6-10)8-3-5-11-9-8/h3,5,7H,2,4,6H2,1H3. The molecule has 0 spiro atoms. The lowest BCUT2D eigenvalue weighted by Gasteiger charge is -2.05. The third-order valence-corrected chi connectivity index (χ3v) is 2.27. The Morgan fingerprint density at radius 3 is 3.18 bits per heavy atom. The zero-order valence-corrected chi connectivity index (χ0v) is 6.66. The summed E-state index contributed by atoms with van der Waals surface area (Å²) in [7, 11) is 2.14. The lowest BCUT2D eigenvalue weighted by Crippen LogP contribution is -2.13. The van der Waals surface area contributed by atoms with E-state index in [1.807, 2.05) is 6.07 Å². The molecule has 1 atom stereocenters. The molecule has 3 heteroatoms. The molecular weight excluding hydrogens is 140 g/mol. The van der Waals surface area contributed by atoms with Crippen molar-refractivity contribution in [2.24, 2.45) is 0 Å². The van der Waals surface area contributed by atoms with E-state index >= 15 is 0 Å². The van der Waals surface area contributed by atoms with Gasteiger partial charge in [0.15, 0.2) is 0 Å². The van der Waals surface area contributed by atoms with Crippen LogP contribution in [0.2, 0.25) is 0 Å². The van der Waals surface area contributed by atoms with E-state index in [2.05, 4.69) is 17.1 Å². The Hall–Kier alpha value is -0.830. The summed E-state index contributed by atoms with van der Waals surface area (Å²) >= 11 is 0.